The van der Waals surface area contributed by atoms with Crippen LogP contribution in [0.3, 0.4) is 0 Å². The molecule has 3 N–H and O–H groups in total. The number of benzene rings is 2. The van der Waals surface area contributed by atoms with Crippen LogP contribution in [0.25, 0.3) is 0 Å². The zero-order valence-corrected chi connectivity index (χ0v) is 19.0. The van der Waals surface area contributed by atoms with Crippen molar-refractivity contribution in [2.75, 3.05) is 13.2 Å². The van der Waals surface area contributed by atoms with Gasteiger partial charge in [-0.3, -0.25) is 9.59 Å². The minimum atomic E-state index is -1.61. The van der Waals surface area contributed by atoms with Gasteiger partial charge >= 0.3 is 0 Å². The number of rotatable bonds is 8. The Labute approximate surface area is 196 Å². The van der Waals surface area contributed by atoms with E-state index >= 15 is 0 Å². The van der Waals surface area contributed by atoms with E-state index in [1.54, 1.807) is 4.90 Å². The van der Waals surface area contributed by atoms with E-state index < -0.39 is 30.4 Å². The second-order valence-corrected chi connectivity index (χ2v) is 9.07. The molecule has 3 aromatic rings. The molecule has 4 rings (SSSR count). The molecule has 0 saturated heterocycles. The summed E-state index contributed by atoms with van der Waals surface area (Å²) in [4.78, 5) is 31.6. The topological polar surface area (TPSA) is 103 Å². The highest BCUT2D eigenvalue weighted by atomic mass is 32.1. The van der Waals surface area contributed by atoms with Crippen molar-refractivity contribution < 1.29 is 19.8 Å². The number of aliphatic hydroxyl groups excluding tert-OH is 2. The van der Waals surface area contributed by atoms with Gasteiger partial charge < -0.3 is 20.4 Å². The normalized spacial score (nSPS) is 14.9. The number of aliphatic hydroxyl groups is 2. The van der Waals surface area contributed by atoms with Crippen molar-refractivity contribution in [2.45, 2.75) is 32.0 Å². The quantitative estimate of drug-likeness (QED) is 0.472. The lowest BCUT2D eigenvalue weighted by atomic mass is 9.97. The lowest BCUT2D eigenvalue weighted by Crippen LogP contribution is -2.49. The van der Waals surface area contributed by atoms with Crippen LogP contribution in [0.15, 0.2) is 60.0 Å². The van der Waals surface area contributed by atoms with E-state index in [1.165, 1.54) is 16.9 Å². The van der Waals surface area contributed by atoms with Gasteiger partial charge in [0.15, 0.2) is 0 Å². The van der Waals surface area contributed by atoms with E-state index in [1.807, 2.05) is 60.0 Å². The fourth-order valence-corrected chi connectivity index (χ4v) is 4.71. The third-order valence-electron chi connectivity index (χ3n) is 5.85. The van der Waals surface area contributed by atoms with Crippen LogP contribution < -0.4 is 5.32 Å². The summed E-state index contributed by atoms with van der Waals surface area (Å²) in [6, 6.07) is 17.9. The third-order valence-corrected chi connectivity index (χ3v) is 6.75. The first kappa shape index (κ1) is 23.1. The van der Waals surface area contributed by atoms with Gasteiger partial charge in [0, 0.05) is 24.9 Å². The molecule has 0 spiro atoms. The van der Waals surface area contributed by atoms with Gasteiger partial charge in [-0.05, 0) is 23.1 Å². The molecule has 0 radical (unpaired) electrons. The van der Waals surface area contributed by atoms with Gasteiger partial charge in [0.2, 0.25) is 5.91 Å². The molecule has 2 aromatic carbocycles. The Morgan fingerprint density at radius 2 is 1.82 bits per heavy atom. The lowest BCUT2D eigenvalue weighted by molar-refractivity contribution is -0.150. The molecule has 2 unspecified atom stereocenters. The number of nitrogens with one attached hydrogen (secondary N) is 1. The Hall–Kier alpha value is -3.07. The summed E-state index contributed by atoms with van der Waals surface area (Å²) in [7, 11) is 0. The predicted molar refractivity (Wildman–Crippen MR) is 125 cm³/mol. The van der Waals surface area contributed by atoms with Crippen molar-refractivity contribution in [1.29, 1.82) is 0 Å². The van der Waals surface area contributed by atoms with Gasteiger partial charge in [-0.2, -0.15) is 0 Å². The first-order chi connectivity index (χ1) is 16.0. The van der Waals surface area contributed by atoms with E-state index in [4.69, 9.17) is 0 Å². The minimum absolute atomic E-state index is 0.173. The molecule has 0 aliphatic carbocycles. The van der Waals surface area contributed by atoms with Gasteiger partial charge in [0.05, 0.1) is 24.8 Å². The smallest absolute Gasteiger partial charge is 0.252 e. The van der Waals surface area contributed by atoms with Gasteiger partial charge in [0.25, 0.3) is 5.91 Å². The highest BCUT2D eigenvalue weighted by Crippen LogP contribution is 2.20. The third kappa shape index (κ3) is 5.65. The Bertz CT molecular complexity index is 1100. The Morgan fingerprint density at radius 1 is 1.09 bits per heavy atom. The van der Waals surface area contributed by atoms with E-state index in [0.717, 1.165) is 21.8 Å². The van der Waals surface area contributed by atoms with Gasteiger partial charge in [-0.1, -0.05) is 54.6 Å². The zero-order chi connectivity index (χ0) is 23.2. The molecular weight excluding hydrogens is 438 g/mol. The maximum atomic E-state index is 12.8. The van der Waals surface area contributed by atoms with Crippen LogP contribution in [0.4, 0.5) is 0 Å². The summed E-state index contributed by atoms with van der Waals surface area (Å²) in [5, 5.41) is 25.7. The number of thiazole rings is 1. The molecule has 7 nitrogen and oxygen atoms in total. The fourth-order valence-electron chi connectivity index (χ4n) is 3.98. The number of hydrogen-bond acceptors (Lipinski definition) is 6. The zero-order valence-electron chi connectivity index (χ0n) is 18.2. The van der Waals surface area contributed by atoms with Crippen LogP contribution in [0.1, 0.15) is 27.4 Å². The van der Waals surface area contributed by atoms with Crippen molar-refractivity contribution in [3.05, 3.63) is 87.4 Å². The number of carbonyl (C=O) groups is 2. The second-order valence-electron chi connectivity index (χ2n) is 8.13. The minimum Gasteiger partial charge on any atom is -0.395 e. The molecule has 1 aromatic heterocycles. The van der Waals surface area contributed by atoms with Crippen LogP contribution in [0, 0.1) is 5.92 Å². The summed E-state index contributed by atoms with van der Waals surface area (Å²) in [5.41, 5.74) is 4.28. The summed E-state index contributed by atoms with van der Waals surface area (Å²) in [6.07, 6.45) is -0.207. The molecule has 172 valence electrons. The van der Waals surface area contributed by atoms with Crippen LogP contribution in [0.2, 0.25) is 0 Å². The number of nitrogens with zero attached hydrogens (tertiary/aromatic N) is 2. The Balaban J connectivity index is 1.32. The van der Waals surface area contributed by atoms with Crippen molar-refractivity contribution >= 4 is 23.2 Å². The lowest BCUT2D eigenvalue weighted by Gasteiger charge is -2.32. The molecule has 2 amide bonds. The molecule has 1 aliphatic heterocycles. The van der Waals surface area contributed by atoms with Crippen molar-refractivity contribution in [2.24, 2.45) is 5.92 Å². The molecular formula is C25H27N3O4S. The molecule has 8 heteroatoms. The molecule has 1 aliphatic rings. The van der Waals surface area contributed by atoms with Gasteiger partial charge in [0.1, 0.15) is 11.1 Å². The molecule has 33 heavy (non-hydrogen) atoms. The second kappa shape index (κ2) is 10.7. The van der Waals surface area contributed by atoms with E-state index in [-0.39, 0.29) is 6.54 Å². The number of hydrogen-bond donors (Lipinski definition) is 3. The first-order valence-corrected chi connectivity index (χ1v) is 11.8. The van der Waals surface area contributed by atoms with E-state index in [0.29, 0.717) is 25.9 Å². The van der Waals surface area contributed by atoms with Crippen LogP contribution in [-0.4, -0.2) is 51.2 Å². The Morgan fingerprint density at radius 3 is 2.58 bits per heavy atom. The number of amides is 2. The van der Waals surface area contributed by atoms with Crippen LogP contribution >= 0.6 is 11.3 Å². The number of carbonyl (C=O) groups excluding carboxylic acids is 2. The molecule has 2 heterocycles. The van der Waals surface area contributed by atoms with E-state index in [2.05, 4.69) is 10.3 Å². The standard InChI is InChI=1S/C25H27N3O4S/c29-15-21(23(30)25(32)28-11-10-18-8-4-5-9-19(18)14-28)24(31)26-13-22-27-20(16-33-22)12-17-6-2-1-3-7-17/h1-9,16,21,23,29-30H,10-15H2,(H,26,31). The van der Waals surface area contributed by atoms with Crippen molar-refractivity contribution in [3.8, 4) is 0 Å². The SMILES string of the molecule is O=C(NCc1nc(Cc2ccccc2)cs1)C(CO)C(O)C(=O)N1CCc2ccccc2C1. The number of fused-ring (bicyclic) bond motifs is 1. The number of aromatic nitrogens is 1. The highest BCUT2D eigenvalue weighted by Gasteiger charge is 2.35. The monoisotopic (exact) mass is 465 g/mol. The molecule has 0 saturated carbocycles. The summed E-state index contributed by atoms with van der Waals surface area (Å²) < 4.78 is 0. The molecule has 2 atom stereocenters. The summed E-state index contributed by atoms with van der Waals surface area (Å²) in [6.45, 7) is 0.401. The Kier molecular flexibility index (Phi) is 7.49. The van der Waals surface area contributed by atoms with Gasteiger partial charge in [-0.15, -0.1) is 11.3 Å². The average Bonchev–Trinajstić information content (AvgIpc) is 3.30. The van der Waals surface area contributed by atoms with E-state index in [9.17, 15) is 19.8 Å². The average molecular weight is 466 g/mol. The molecule has 0 bridgehead atoms. The van der Waals surface area contributed by atoms with Crippen LogP contribution in [0.5, 0.6) is 0 Å². The van der Waals surface area contributed by atoms with Crippen molar-refractivity contribution in [1.82, 2.24) is 15.2 Å². The largest absolute Gasteiger partial charge is 0.395 e. The first-order valence-electron chi connectivity index (χ1n) is 10.9. The fraction of sp³-hybridized carbons (Fsp3) is 0.320. The van der Waals surface area contributed by atoms with Crippen LogP contribution in [-0.2, 0) is 35.5 Å². The maximum absolute atomic E-state index is 12.8. The van der Waals surface area contributed by atoms with Gasteiger partial charge in [-0.25, -0.2) is 4.98 Å². The summed E-state index contributed by atoms with van der Waals surface area (Å²) in [5.74, 6) is -2.35. The van der Waals surface area contributed by atoms with Crippen molar-refractivity contribution in [3.63, 3.8) is 0 Å². The summed E-state index contributed by atoms with van der Waals surface area (Å²) >= 11 is 1.43. The predicted octanol–water partition coefficient (Wildman–Crippen LogP) is 1.90. The highest BCUT2D eigenvalue weighted by molar-refractivity contribution is 7.09. The molecule has 0 fully saturated rings. The maximum Gasteiger partial charge on any atom is 0.252 e.